The highest BCUT2D eigenvalue weighted by atomic mass is 16.5. The second-order valence-electron chi connectivity index (χ2n) is 6.44. The second kappa shape index (κ2) is 6.54. The molecule has 1 fully saturated rings. The molecule has 5 heteroatoms. The van der Waals surface area contributed by atoms with Gasteiger partial charge in [0.25, 0.3) is 0 Å². The molecule has 0 unspecified atom stereocenters. The smallest absolute Gasteiger partial charge is 0.232 e. The van der Waals surface area contributed by atoms with Crippen LogP contribution in [0.25, 0.3) is 11.3 Å². The average molecular weight is 313 g/mol. The Hall–Kier alpha value is -2.14. The molecule has 1 N–H and O–H groups in total. The first-order valence-corrected chi connectivity index (χ1v) is 8.07. The van der Waals surface area contributed by atoms with Gasteiger partial charge in [0.15, 0.2) is 5.76 Å². The summed E-state index contributed by atoms with van der Waals surface area (Å²) < 4.78 is 5.45. The molecule has 0 aliphatic heterocycles. The van der Waals surface area contributed by atoms with E-state index in [0.717, 1.165) is 37.1 Å². The minimum absolute atomic E-state index is 0.0733. The van der Waals surface area contributed by atoms with Gasteiger partial charge in [-0.15, -0.1) is 0 Å². The van der Waals surface area contributed by atoms with Crippen molar-refractivity contribution in [2.75, 3.05) is 27.2 Å². The van der Waals surface area contributed by atoms with Crippen molar-refractivity contribution in [2.45, 2.75) is 24.7 Å². The summed E-state index contributed by atoms with van der Waals surface area (Å²) in [5, 5.41) is 7.20. The van der Waals surface area contributed by atoms with Crippen LogP contribution in [0.2, 0.25) is 0 Å². The van der Waals surface area contributed by atoms with E-state index in [0.29, 0.717) is 12.3 Å². The van der Waals surface area contributed by atoms with Crippen LogP contribution in [0.4, 0.5) is 0 Å². The maximum Gasteiger partial charge on any atom is 0.232 e. The highest BCUT2D eigenvalue weighted by Gasteiger charge is 2.53. The maximum atomic E-state index is 12.5. The Balaban J connectivity index is 1.64. The number of nitrogens with zero attached hydrogens (tertiary/aromatic N) is 2. The quantitative estimate of drug-likeness (QED) is 0.798. The largest absolute Gasteiger partial charge is 0.356 e. The molecule has 0 bridgehead atoms. The number of aromatic nitrogens is 1. The fourth-order valence-electron chi connectivity index (χ4n) is 2.73. The highest BCUT2D eigenvalue weighted by molar-refractivity contribution is 5.91. The standard InChI is InChI=1S/C18H23N3O2/c1-21(2)12-6-11-19-17(22)18(9-10-18)16-13-15(23-20-16)14-7-4-3-5-8-14/h3-5,7-8,13H,6,9-12H2,1-2H3,(H,19,22). The van der Waals surface area contributed by atoms with E-state index in [-0.39, 0.29) is 5.91 Å². The van der Waals surface area contributed by atoms with Crippen LogP contribution in [-0.4, -0.2) is 43.1 Å². The topological polar surface area (TPSA) is 58.4 Å². The van der Waals surface area contributed by atoms with Gasteiger partial charge in [-0.2, -0.15) is 0 Å². The van der Waals surface area contributed by atoms with Crippen LogP contribution in [0, 0.1) is 0 Å². The predicted molar refractivity (Wildman–Crippen MR) is 89.0 cm³/mol. The zero-order valence-corrected chi connectivity index (χ0v) is 13.7. The molecule has 0 spiro atoms. The van der Waals surface area contributed by atoms with Gasteiger partial charge in [0.1, 0.15) is 0 Å². The molecule has 5 nitrogen and oxygen atoms in total. The zero-order valence-electron chi connectivity index (χ0n) is 13.7. The molecule has 1 amide bonds. The number of nitrogens with one attached hydrogen (secondary N) is 1. The van der Waals surface area contributed by atoms with Gasteiger partial charge < -0.3 is 14.7 Å². The normalized spacial score (nSPS) is 15.6. The third-order valence-electron chi connectivity index (χ3n) is 4.31. The second-order valence-corrected chi connectivity index (χ2v) is 6.44. The Morgan fingerprint density at radius 2 is 2.04 bits per heavy atom. The first kappa shape index (κ1) is 15.7. The van der Waals surface area contributed by atoms with Crippen LogP contribution in [-0.2, 0) is 10.2 Å². The van der Waals surface area contributed by atoms with Gasteiger partial charge in [-0.25, -0.2) is 0 Å². The van der Waals surface area contributed by atoms with E-state index in [4.69, 9.17) is 4.52 Å². The van der Waals surface area contributed by atoms with Crippen molar-refractivity contribution in [2.24, 2.45) is 0 Å². The lowest BCUT2D eigenvalue weighted by Crippen LogP contribution is -2.36. The van der Waals surface area contributed by atoms with Gasteiger partial charge in [0.2, 0.25) is 5.91 Å². The van der Waals surface area contributed by atoms with Crippen molar-refractivity contribution in [3.05, 3.63) is 42.1 Å². The van der Waals surface area contributed by atoms with Crippen molar-refractivity contribution in [3.63, 3.8) is 0 Å². The molecule has 2 aromatic rings. The molecule has 1 aromatic heterocycles. The lowest BCUT2D eigenvalue weighted by molar-refractivity contribution is -0.123. The Morgan fingerprint density at radius 3 is 2.70 bits per heavy atom. The average Bonchev–Trinajstić information content (AvgIpc) is 3.22. The summed E-state index contributed by atoms with van der Waals surface area (Å²) in [7, 11) is 4.06. The molecule has 1 aliphatic carbocycles. The summed E-state index contributed by atoms with van der Waals surface area (Å²) in [6.45, 7) is 1.66. The summed E-state index contributed by atoms with van der Waals surface area (Å²) in [4.78, 5) is 14.6. The van der Waals surface area contributed by atoms with Gasteiger partial charge in [-0.3, -0.25) is 4.79 Å². The molecule has 1 aromatic carbocycles. The van der Waals surface area contributed by atoms with Crippen molar-refractivity contribution in [1.29, 1.82) is 0 Å². The van der Waals surface area contributed by atoms with E-state index in [1.807, 2.05) is 50.5 Å². The fourth-order valence-corrected chi connectivity index (χ4v) is 2.73. The summed E-state index contributed by atoms with van der Waals surface area (Å²) in [5.41, 5.74) is 1.25. The molecular formula is C18H23N3O2. The Kier molecular flexibility index (Phi) is 4.48. The number of carbonyl (C=O) groups excluding carboxylic acids is 1. The first-order valence-electron chi connectivity index (χ1n) is 8.07. The van der Waals surface area contributed by atoms with Crippen LogP contribution < -0.4 is 5.32 Å². The molecule has 1 heterocycles. The van der Waals surface area contributed by atoms with E-state index in [1.54, 1.807) is 0 Å². The highest BCUT2D eigenvalue weighted by Crippen LogP contribution is 2.48. The zero-order chi connectivity index (χ0) is 16.3. The minimum atomic E-state index is -0.478. The monoisotopic (exact) mass is 313 g/mol. The van der Waals surface area contributed by atoms with Gasteiger partial charge in [-0.05, 0) is 39.9 Å². The number of hydrogen-bond donors (Lipinski definition) is 1. The Bertz CT molecular complexity index is 660. The molecule has 122 valence electrons. The molecule has 0 radical (unpaired) electrons. The number of amides is 1. The molecule has 0 saturated heterocycles. The Labute approximate surface area is 136 Å². The third kappa shape index (κ3) is 3.45. The van der Waals surface area contributed by atoms with E-state index in [9.17, 15) is 4.79 Å². The van der Waals surface area contributed by atoms with Crippen molar-refractivity contribution < 1.29 is 9.32 Å². The number of hydrogen-bond acceptors (Lipinski definition) is 4. The van der Waals surface area contributed by atoms with Crippen molar-refractivity contribution >= 4 is 5.91 Å². The first-order chi connectivity index (χ1) is 11.1. The van der Waals surface area contributed by atoms with E-state index >= 15 is 0 Å². The lowest BCUT2D eigenvalue weighted by Gasteiger charge is -2.13. The summed E-state index contributed by atoms with van der Waals surface area (Å²) >= 11 is 0. The van der Waals surface area contributed by atoms with Gasteiger partial charge >= 0.3 is 0 Å². The minimum Gasteiger partial charge on any atom is -0.356 e. The van der Waals surface area contributed by atoms with E-state index < -0.39 is 5.41 Å². The molecule has 0 atom stereocenters. The predicted octanol–water partition coefficient (Wildman–Crippen LogP) is 2.44. The maximum absolute atomic E-state index is 12.5. The van der Waals surface area contributed by atoms with E-state index in [2.05, 4.69) is 15.4 Å². The summed E-state index contributed by atoms with van der Waals surface area (Å²) in [6.07, 6.45) is 2.63. The number of carbonyl (C=O) groups is 1. The number of rotatable bonds is 7. The molecule has 1 saturated carbocycles. The molecule has 3 rings (SSSR count). The van der Waals surface area contributed by atoms with Gasteiger partial charge in [0, 0.05) is 18.2 Å². The van der Waals surface area contributed by atoms with Crippen molar-refractivity contribution in [3.8, 4) is 11.3 Å². The molecule has 1 aliphatic rings. The van der Waals surface area contributed by atoms with E-state index in [1.165, 1.54) is 0 Å². The Morgan fingerprint density at radius 1 is 1.30 bits per heavy atom. The van der Waals surface area contributed by atoms with Crippen LogP contribution in [0.5, 0.6) is 0 Å². The summed E-state index contributed by atoms with van der Waals surface area (Å²) in [5.74, 6) is 0.788. The van der Waals surface area contributed by atoms with Gasteiger partial charge in [0.05, 0.1) is 11.1 Å². The molecular weight excluding hydrogens is 290 g/mol. The third-order valence-corrected chi connectivity index (χ3v) is 4.31. The molecule has 23 heavy (non-hydrogen) atoms. The van der Waals surface area contributed by atoms with Crippen LogP contribution in [0.1, 0.15) is 25.0 Å². The van der Waals surface area contributed by atoms with Crippen LogP contribution in [0.15, 0.2) is 40.9 Å². The van der Waals surface area contributed by atoms with Crippen molar-refractivity contribution in [1.82, 2.24) is 15.4 Å². The summed E-state index contributed by atoms with van der Waals surface area (Å²) in [6, 6.07) is 11.7. The number of benzene rings is 1. The SMILES string of the molecule is CN(C)CCCNC(=O)C1(c2cc(-c3ccccc3)on2)CC1. The van der Waals surface area contributed by atoms with Crippen LogP contribution >= 0.6 is 0 Å². The van der Waals surface area contributed by atoms with Gasteiger partial charge in [-0.1, -0.05) is 35.5 Å². The lowest BCUT2D eigenvalue weighted by atomic mass is 10.0. The fraction of sp³-hybridized carbons (Fsp3) is 0.444. The van der Waals surface area contributed by atoms with Crippen LogP contribution in [0.3, 0.4) is 0 Å².